The zero-order valence-electron chi connectivity index (χ0n) is 11.9. The first kappa shape index (κ1) is 14.0. The van der Waals surface area contributed by atoms with E-state index in [0.717, 1.165) is 27.8 Å². The van der Waals surface area contributed by atoms with Crippen molar-refractivity contribution in [2.75, 3.05) is 17.2 Å². The van der Waals surface area contributed by atoms with E-state index in [0.29, 0.717) is 5.92 Å². The molecule has 0 saturated heterocycles. The molecule has 0 spiro atoms. The van der Waals surface area contributed by atoms with E-state index in [-0.39, 0.29) is 12.5 Å². The lowest BCUT2D eigenvalue weighted by Gasteiger charge is -2.09. The quantitative estimate of drug-likeness (QED) is 0.860. The highest BCUT2D eigenvalue weighted by molar-refractivity contribution is 7.15. The first-order valence-electron chi connectivity index (χ1n) is 7.21. The van der Waals surface area contributed by atoms with Crippen molar-refractivity contribution < 1.29 is 4.79 Å². The lowest BCUT2D eigenvalue weighted by molar-refractivity contribution is -0.114. The Labute approximate surface area is 127 Å². The highest BCUT2D eigenvalue weighted by Gasteiger charge is 2.27. The molecule has 1 amide bonds. The molecule has 0 bridgehead atoms. The highest BCUT2D eigenvalue weighted by atomic mass is 32.1. The van der Waals surface area contributed by atoms with E-state index in [1.54, 1.807) is 11.3 Å². The second-order valence-corrected chi connectivity index (χ2v) is 6.14. The number of para-hydroxylation sites is 1. The molecule has 110 valence electrons. The maximum absolute atomic E-state index is 12.0. The van der Waals surface area contributed by atoms with Gasteiger partial charge < -0.3 is 10.6 Å². The Bertz CT molecular complexity index is 636. The van der Waals surface area contributed by atoms with Gasteiger partial charge in [-0.1, -0.05) is 36.5 Å². The number of carbonyl (C=O) groups excluding carboxylic acids is 1. The van der Waals surface area contributed by atoms with Crippen LogP contribution in [0.1, 0.15) is 36.3 Å². The highest BCUT2D eigenvalue weighted by Crippen LogP contribution is 2.41. The standard InChI is InChI=1S/C15H18N4OS/c1-2-10-5-3-4-6-12(10)17-13(20)9-16-15-19-18-14(21-15)11-7-8-11/h3-6,11H,2,7-9H2,1H3,(H,16,19)(H,17,20). The molecule has 5 nitrogen and oxygen atoms in total. The van der Waals surface area contributed by atoms with Gasteiger partial charge in [0.1, 0.15) is 5.01 Å². The number of nitrogens with zero attached hydrogens (tertiary/aromatic N) is 2. The number of amides is 1. The molecule has 1 saturated carbocycles. The first-order chi connectivity index (χ1) is 10.3. The fraction of sp³-hybridized carbons (Fsp3) is 0.400. The van der Waals surface area contributed by atoms with Crippen molar-refractivity contribution in [3.8, 4) is 0 Å². The molecule has 0 unspecified atom stereocenters. The minimum atomic E-state index is -0.0703. The summed E-state index contributed by atoms with van der Waals surface area (Å²) in [6, 6.07) is 7.85. The van der Waals surface area contributed by atoms with Crippen LogP contribution < -0.4 is 10.6 Å². The third kappa shape index (κ3) is 3.58. The van der Waals surface area contributed by atoms with Crippen molar-refractivity contribution in [3.05, 3.63) is 34.8 Å². The SMILES string of the molecule is CCc1ccccc1NC(=O)CNc1nnc(C2CC2)s1. The summed E-state index contributed by atoms with van der Waals surface area (Å²) in [5.74, 6) is 0.530. The lowest BCUT2D eigenvalue weighted by Crippen LogP contribution is -2.22. The molecule has 2 aromatic rings. The third-order valence-corrected chi connectivity index (χ3v) is 4.48. The van der Waals surface area contributed by atoms with Gasteiger partial charge in [-0.05, 0) is 30.9 Å². The van der Waals surface area contributed by atoms with Gasteiger partial charge in [0.25, 0.3) is 0 Å². The number of anilines is 2. The summed E-state index contributed by atoms with van der Waals surface area (Å²) in [6.45, 7) is 2.28. The first-order valence-corrected chi connectivity index (χ1v) is 8.03. The summed E-state index contributed by atoms with van der Waals surface area (Å²) >= 11 is 1.55. The van der Waals surface area contributed by atoms with E-state index in [1.807, 2.05) is 24.3 Å². The number of carbonyl (C=O) groups is 1. The van der Waals surface area contributed by atoms with Crippen LogP contribution in [0.15, 0.2) is 24.3 Å². The molecule has 1 aliphatic rings. The maximum atomic E-state index is 12.0. The summed E-state index contributed by atoms with van der Waals surface area (Å²) in [7, 11) is 0. The van der Waals surface area contributed by atoms with Crippen molar-refractivity contribution >= 4 is 28.1 Å². The summed E-state index contributed by atoms with van der Waals surface area (Å²) in [5.41, 5.74) is 2.01. The van der Waals surface area contributed by atoms with Crippen LogP contribution >= 0.6 is 11.3 Å². The van der Waals surface area contributed by atoms with Crippen LogP contribution in [-0.4, -0.2) is 22.6 Å². The van der Waals surface area contributed by atoms with E-state index < -0.39 is 0 Å². The fourth-order valence-corrected chi connectivity index (χ4v) is 3.01. The third-order valence-electron chi connectivity index (χ3n) is 3.44. The number of aromatic nitrogens is 2. The molecule has 1 aromatic heterocycles. The zero-order valence-corrected chi connectivity index (χ0v) is 12.7. The minimum Gasteiger partial charge on any atom is -0.351 e. The average Bonchev–Trinajstić information content (AvgIpc) is 3.25. The molecular weight excluding hydrogens is 284 g/mol. The molecule has 0 atom stereocenters. The molecule has 2 N–H and O–H groups in total. The van der Waals surface area contributed by atoms with Gasteiger partial charge in [0.2, 0.25) is 11.0 Å². The van der Waals surface area contributed by atoms with Crippen molar-refractivity contribution in [2.45, 2.75) is 32.1 Å². The predicted molar refractivity (Wildman–Crippen MR) is 84.8 cm³/mol. The molecule has 1 heterocycles. The summed E-state index contributed by atoms with van der Waals surface area (Å²) in [4.78, 5) is 12.0. The van der Waals surface area contributed by atoms with E-state index in [2.05, 4.69) is 27.8 Å². The Balaban J connectivity index is 1.53. The molecule has 6 heteroatoms. The normalized spacial score (nSPS) is 14.0. The molecule has 21 heavy (non-hydrogen) atoms. The van der Waals surface area contributed by atoms with E-state index in [9.17, 15) is 4.79 Å². The Morgan fingerprint density at radius 2 is 2.14 bits per heavy atom. The van der Waals surface area contributed by atoms with Crippen LogP contribution in [0.25, 0.3) is 0 Å². The van der Waals surface area contributed by atoms with E-state index >= 15 is 0 Å². The van der Waals surface area contributed by atoms with Gasteiger partial charge >= 0.3 is 0 Å². The Kier molecular flexibility index (Phi) is 4.15. The summed E-state index contributed by atoms with van der Waals surface area (Å²) in [6.07, 6.45) is 3.32. The number of rotatable bonds is 6. The largest absolute Gasteiger partial charge is 0.351 e. The molecular formula is C15H18N4OS. The maximum Gasteiger partial charge on any atom is 0.243 e. The monoisotopic (exact) mass is 302 g/mol. The molecule has 1 aliphatic carbocycles. The van der Waals surface area contributed by atoms with Crippen LogP contribution in [0.3, 0.4) is 0 Å². The summed E-state index contributed by atoms with van der Waals surface area (Å²) in [5, 5.41) is 16.0. The average molecular weight is 302 g/mol. The van der Waals surface area contributed by atoms with Crippen molar-refractivity contribution in [3.63, 3.8) is 0 Å². The van der Waals surface area contributed by atoms with Crippen molar-refractivity contribution in [1.82, 2.24) is 10.2 Å². The van der Waals surface area contributed by atoms with Crippen LogP contribution in [-0.2, 0) is 11.2 Å². The Morgan fingerprint density at radius 1 is 1.33 bits per heavy atom. The number of hydrogen-bond acceptors (Lipinski definition) is 5. The predicted octanol–water partition coefficient (Wildman–Crippen LogP) is 3.03. The summed E-state index contributed by atoms with van der Waals surface area (Å²) < 4.78 is 0. The van der Waals surface area contributed by atoms with E-state index in [1.165, 1.54) is 12.8 Å². The Morgan fingerprint density at radius 3 is 2.90 bits per heavy atom. The van der Waals surface area contributed by atoms with Crippen LogP contribution in [0.4, 0.5) is 10.8 Å². The number of hydrogen-bond donors (Lipinski definition) is 2. The van der Waals surface area contributed by atoms with Crippen molar-refractivity contribution in [2.24, 2.45) is 0 Å². The van der Waals surface area contributed by atoms with Gasteiger partial charge in [0.15, 0.2) is 0 Å². The van der Waals surface area contributed by atoms with Crippen LogP contribution in [0, 0.1) is 0 Å². The second-order valence-electron chi connectivity index (χ2n) is 5.13. The number of benzene rings is 1. The fourth-order valence-electron chi connectivity index (χ4n) is 2.10. The molecule has 0 aliphatic heterocycles. The van der Waals surface area contributed by atoms with Gasteiger partial charge in [-0.2, -0.15) is 0 Å². The zero-order chi connectivity index (χ0) is 14.7. The van der Waals surface area contributed by atoms with Crippen LogP contribution in [0.5, 0.6) is 0 Å². The second kappa shape index (κ2) is 6.22. The molecule has 1 fully saturated rings. The molecule has 1 aromatic carbocycles. The van der Waals surface area contributed by atoms with Crippen molar-refractivity contribution in [1.29, 1.82) is 0 Å². The molecule has 3 rings (SSSR count). The minimum absolute atomic E-state index is 0.0703. The van der Waals surface area contributed by atoms with E-state index in [4.69, 9.17) is 0 Å². The van der Waals surface area contributed by atoms with Gasteiger partial charge in [-0.25, -0.2) is 0 Å². The Hall–Kier alpha value is -1.95. The van der Waals surface area contributed by atoms with Crippen LogP contribution in [0.2, 0.25) is 0 Å². The van der Waals surface area contributed by atoms with Gasteiger partial charge in [-0.15, -0.1) is 10.2 Å². The van der Waals surface area contributed by atoms with Gasteiger partial charge in [0, 0.05) is 11.6 Å². The smallest absolute Gasteiger partial charge is 0.243 e. The van der Waals surface area contributed by atoms with Gasteiger partial charge in [0.05, 0.1) is 6.54 Å². The topological polar surface area (TPSA) is 66.9 Å². The van der Waals surface area contributed by atoms with Gasteiger partial charge in [-0.3, -0.25) is 4.79 Å². The lowest BCUT2D eigenvalue weighted by atomic mass is 10.1. The number of aryl methyl sites for hydroxylation is 1. The number of nitrogens with one attached hydrogen (secondary N) is 2. The molecule has 0 radical (unpaired) electrons.